The van der Waals surface area contributed by atoms with Gasteiger partial charge in [-0.2, -0.15) is 0 Å². The third-order valence-corrected chi connectivity index (χ3v) is 11.9. The number of fused-ring (bicyclic) bond motifs is 11. The predicted octanol–water partition coefficient (Wildman–Crippen LogP) is 12.3. The van der Waals surface area contributed by atoms with E-state index in [1.807, 2.05) is 0 Å². The van der Waals surface area contributed by atoms with Crippen LogP contribution in [0.4, 0.5) is 0 Å². The Bertz CT molecular complexity index is 2830. The van der Waals surface area contributed by atoms with E-state index in [9.17, 15) is 0 Å². The Morgan fingerprint density at radius 3 is 1.87 bits per heavy atom. The van der Waals surface area contributed by atoms with Crippen LogP contribution in [0, 0.1) is 0 Å². The number of nitrogens with zero attached hydrogens (tertiary/aromatic N) is 1. The van der Waals surface area contributed by atoms with Crippen molar-refractivity contribution in [3.63, 3.8) is 0 Å². The topological polar surface area (TPSA) is 4.93 Å². The van der Waals surface area contributed by atoms with Gasteiger partial charge in [0.2, 0.25) is 0 Å². The molecular formula is C46H33N. The van der Waals surface area contributed by atoms with E-state index < -0.39 is 0 Å². The summed E-state index contributed by atoms with van der Waals surface area (Å²) in [5, 5.41) is 11.0. The molecule has 0 fully saturated rings. The molecule has 0 saturated carbocycles. The van der Waals surface area contributed by atoms with Crippen LogP contribution < -0.4 is 0 Å². The second-order valence-electron chi connectivity index (χ2n) is 14.9. The predicted molar refractivity (Wildman–Crippen MR) is 200 cm³/mol. The number of hydrogen-bond donors (Lipinski definition) is 0. The van der Waals surface area contributed by atoms with Crippen molar-refractivity contribution < 1.29 is 0 Å². The van der Waals surface area contributed by atoms with Gasteiger partial charge in [-0.15, -0.1) is 0 Å². The molecule has 47 heavy (non-hydrogen) atoms. The first-order chi connectivity index (χ1) is 22.9. The van der Waals surface area contributed by atoms with Gasteiger partial charge in [0.05, 0.1) is 11.0 Å². The van der Waals surface area contributed by atoms with Crippen molar-refractivity contribution in [3.8, 4) is 27.9 Å². The third kappa shape index (κ3) is 2.89. The maximum Gasteiger partial charge on any atom is 0.0553 e. The first kappa shape index (κ1) is 25.8. The van der Waals surface area contributed by atoms with Crippen molar-refractivity contribution in [2.75, 3.05) is 0 Å². The fraction of sp³-hybridized carbons (Fsp3) is 0.130. The lowest BCUT2D eigenvalue weighted by atomic mass is 9.64. The van der Waals surface area contributed by atoms with E-state index in [0.717, 1.165) is 0 Å². The molecule has 0 saturated heterocycles. The lowest BCUT2D eigenvalue weighted by molar-refractivity contribution is 0.639. The second-order valence-corrected chi connectivity index (χ2v) is 14.9. The quantitative estimate of drug-likeness (QED) is 0.165. The molecule has 0 bridgehead atoms. The van der Waals surface area contributed by atoms with Crippen molar-refractivity contribution in [2.24, 2.45) is 0 Å². The lowest BCUT2D eigenvalue weighted by Crippen LogP contribution is -2.26. The maximum atomic E-state index is 2.59. The highest BCUT2D eigenvalue weighted by Gasteiger charge is 2.44. The van der Waals surface area contributed by atoms with Crippen molar-refractivity contribution in [2.45, 2.75) is 38.5 Å². The Kier molecular flexibility index (Phi) is 4.55. The van der Waals surface area contributed by atoms with Crippen LogP contribution in [0.15, 0.2) is 127 Å². The summed E-state index contributed by atoms with van der Waals surface area (Å²) in [6.07, 6.45) is 0. The van der Waals surface area contributed by atoms with E-state index in [4.69, 9.17) is 0 Å². The minimum Gasteiger partial charge on any atom is -0.309 e. The van der Waals surface area contributed by atoms with Crippen LogP contribution in [0.3, 0.4) is 0 Å². The summed E-state index contributed by atoms with van der Waals surface area (Å²) < 4.78 is 2.47. The Balaban J connectivity index is 1.45. The van der Waals surface area contributed by atoms with Gasteiger partial charge >= 0.3 is 0 Å². The van der Waals surface area contributed by atoms with Gasteiger partial charge in [-0.3, -0.25) is 0 Å². The van der Waals surface area contributed by atoms with Crippen LogP contribution >= 0.6 is 0 Å². The van der Waals surface area contributed by atoms with E-state index in [-0.39, 0.29) is 10.8 Å². The number of para-hydroxylation sites is 2. The van der Waals surface area contributed by atoms with Gasteiger partial charge in [0, 0.05) is 27.3 Å². The van der Waals surface area contributed by atoms with Gasteiger partial charge in [0.1, 0.15) is 0 Å². The Labute approximate surface area is 274 Å². The van der Waals surface area contributed by atoms with Crippen molar-refractivity contribution in [1.29, 1.82) is 0 Å². The fourth-order valence-electron chi connectivity index (χ4n) is 9.88. The molecule has 1 nitrogen and oxygen atoms in total. The number of rotatable bonds is 1. The molecule has 2 aliphatic rings. The van der Waals surface area contributed by atoms with Crippen molar-refractivity contribution >= 4 is 54.1 Å². The van der Waals surface area contributed by atoms with Gasteiger partial charge < -0.3 is 4.57 Å². The SMILES string of the molecule is CC1(C)c2ccccc2-c2c1c1c3c(cc4c5c(ccc2c35)cc2c4c3ccccc3n2-c2ccccc2)C(C)(C)c2ccccc2-1. The summed E-state index contributed by atoms with van der Waals surface area (Å²) in [4.78, 5) is 0. The second kappa shape index (κ2) is 8.30. The number of aromatic nitrogens is 1. The van der Waals surface area contributed by atoms with E-state index in [0.29, 0.717) is 0 Å². The molecule has 0 spiro atoms. The Morgan fingerprint density at radius 1 is 0.426 bits per heavy atom. The number of benzene rings is 8. The average Bonchev–Trinajstić information content (AvgIpc) is 3.55. The van der Waals surface area contributed by atoms with Gasteiger partial charge in [0.25, 0.3) is 0 Å². The molecule has 0 aliphatic heterocycles. The van der Waals surface area contributed by atoms with Gasteiger partial charge in [-0.05, 0) is 107 Å². The van der Waals surface area contributed by atoms with Crippen molar-refractivity contribution in [1.82, 2.24) is 4.57 Å². The summed E-state index contributed by atoms with van der Waals surface area (Å²) in [7, 11) is 0. The van der Waals surface area contributed by atoms with E-state index in [1.165, 1.54) is 104 Å². The van der Waals surface area contributed by atoms with Gasteiger partial charge in [-0.25, -0.2) is 0 Å². The zero-order chi connectivity index (χ0) is 31.4. The summed E-state index contributed by atoms with van der Waals surface area (Å²) in [5.41, 5.74) is 14.8. The molecule has 1 heterocycles. The van der Waals surface area contributed by atoms with Crippen LogP contribution in [0.5, 0.6) is 0 Å². The van der Waals surface area contributed by atoms with Crippen LogP contribution in [-0.2, 0) is 10.8 Å². The van der Waals surface area contributed by atoms with E-state index in [2.05, 4.69) is 160 Å². The molecule has 0 atom stereocenters. The van der Waals surface area contributed by atoms with Crippen LogP contribution in [0.2, 0.25) is 0 Å². The molecule has 0 N–H and O–H groups in total. The molecule has 0 amide bonds. The number of hydrogen-bond acceptors (Lipinski definition) is 0. The highest BCUT2D eigenvalue weighted by molar-refractivity contribution is 6.37. The van der Waals surface area contributed by atoms with Crippen LogP contribution in [-0.4, -0.2) is 4.57 Å². The third-order valence-electron chi connectivity index (χ3n) is 11.9. The monoisotopic (exact) mass is 599 g/mol. The summed E-state index contributed by atoms with van der Waals surface area (Å²) in [6.45, 7) is 9.77. The van der Waals surface area contributed by atoms with Crippen LogP contribution in [0.25, 0.3) is 82.1 Å². The maximum absolute atomic E-state index is 2.59. The van der Waals surface area contributed by atoms with Crippen molar-refractivity contribution in [3.05, 3.63) is 150 Å². The molecule has 1 aromatic heterocycles. The molecule has 1 heteroatoms. The standard InChI is InChI=1S/C46H33N/c1-45(2)33-19-11-9-17-29(33)42-43-35(45)25-32-38-26(22-23-31(41(38)43)40-28-16-8-12-20-34(28)46(3,4)44(40)42)24-37-39(32)30-18-10-13-21-36(30)47(37)27-14-6-5-7-15-27/h5-25H,1-4H3. The zero-order valence-corrected chi connectivity index (χ0v) is 27.1. The average molecular weight is 600 g/mol. The summed E-state index contributed by atoms with van der Waals surface area (Å²) >= 11 is 0. The Hall–Kier alpha value is -5.40. The van der Waals surface area contributed by atoms with E-state index >= 15 is 0 Å². The molecule has 222 valence electrons. The molecular weight excluding hydrogens is 567 g/mol. The molecule has 0 radical (unpaired) electrons. The highest BCUT2D eigenvalue weighted by atomic mass is 15.0. The first-order valence-corrected chi connectivity index (χ1v) is 16.9. The minimum atomic E-state index is -0.166. The smallest absolute Gasteiger partial charge is 0.0553 e. The van der Waals surface area contributed by atoms with Gasteiger partial charge in [0.15, 0.2) is 0 Å². The molecule has 9 aromatic rings. The first-order valence-electron chi connectivity index (χ1n) is 16.9. The molecule has 2 aliphatic carbocycles. The summed E-state index contributed by atoms with van der Waals surface area (Å²) in [6, 6.07) is 48.1. The fourth-order valence-corrected chi connectivity index (χ4v) is 9.88. The molecule has 8 aromatic carbocycles. The molecule has 11 rings (SSSR count). The Morgan fingerprint density at radius 2 is 1.09 bits per heavy atom. The molecule has 0 unspecified atom stereocenters. The normalized spacial score (nSPS) is 15.6. The zero-order valence-electron chi connectivity index (χ0n) is 27.1. The highest BCUT2D eigenvalue weighted by Crippen LogP contribution is 2.62. The van der Waals surface area contributed by atoms with Gasteiger partial charge in [-0.1, -0.05) is 125 Å². The largest absolute Gasteiger partial charge is 0.309 e. The summed E-state index contributed by atoms with van der Waals surface area (Å²) in [5.74, 6) is 0. The lowest BCUT2D eigenvalue weighted by Gasteiger charge is -2.39. The van der Waals surface area contributed by atoms with Crippen LogP contribution in [0.1, 0.15) is 49.9 Å². The van der Waals surface area contributed by atoms with E-state index in [1.54, 1.807) is 0 Å². The minimum absolute atomic E-state index is 0.117.